The molecule has 0 aromatic carbocycles. The molecule has 92 valence electrons. The lowest BCUT2D eigenvalue weighted by Gasteiger charge is -2.33. The minimum Gasteiger partial charge on any atom is -0.481 e. The van der Waals surface area contributed by atoms with Crippen molar-refractivity contribution < 1.29 is 9.90 Å². The third kappa shape index (κ3) is 2.46. The van der Waals surface area contributed by atoms with Gasteiger partial charge in [0.15, 0.2) is 0 Å². The molecule has 1 saturated heterocycles. The van der Waals surface area contributed by atoms with Crippen LogP contribution in [-0.2, 0) is 11.2 Å². The second kappa shape index (κ2) is 4.57. The third-order valence-corrected chi connectivity index (χ3v) is 2.95. The quantitative estimate of drug-likeness (QED) is 0.795. The highest BCUT2D eigenvalue weighted by Crippen LogP contribution is 2.26. The normalized spacial score (nSPS) is 14.5. The molecular weight excluding hydrogens is 220 g/mol. The zero-order valence-corrected chi connectivity index (χ0v) is 9.81. The molecule has 1 aromatic heterocycles. The van der Waals surface area contributed by atoms with Gasteiger partial charge in [0.25, 0.3) is 0 Å². The van der Waals surface area contributed by atoms with Gasteiger partial charge in [0.05, 0.1) is 0 Å². The molecule has 2 rings (SSSR count). The average Bonchev–Trinajstić information content (AvgIpc) is 2.12. The van der Waals surface area contributed by atoms with E-state index in [9.17, 15) is 4.79 Å². The zero-order chi connectivity index (χ0) is 12.4. The molecule has 0 bridgehead atoms. The fraction of sp³-hybridized carbons (Fsp3) is 0.545. The molecule has 6 heteroatoms. The molecule has 0 atom stereocenters. The van der Waals surface area contributed by atoms with Gasteiger partial charge < -0.3 is 15.7 Å². The smallest absolute Gasteiger partial charge is 0.303 e. The molecule has 1 aliphatic heterocycles. The number of nitrogens with two attached hydrogens (primary N) is 1. The van der Waals surface area contributed by atoms with Crippen molar-refractivity contribution in [2.24, 2.45) is 0 Å². The lowest BCUT2D eigenvalue weighted by molar-refractivity contribution is -0.136. The molecule has 0 amide bonds. The number of carboxylic acid groups (broad SMARTS) is 1. The van der Waals surface area contributed by atoms with E-state index < -0.39 is 5.97 Å². The van der Waals surface area contributed by atoms with E-state index in [1.807, 2.05) is 6.92 Å². The van der Waals surface area contributed by atoms with Gasteiger partial charge in [-0.15, -0.1) is 0 Å². The van der Waals surface area contributed by atoms with Gasteiger partial charge in [0, 0.05) is 30.8 Å². The summed E-state index contributed by atoms with van der Waals surface area (Å²) in [7, 11) is 0. The van der Waals surface area contributed by atoms with Crippen LogP contribution in [0.15, 0.2) is 0 Å². The van der Waals surface area contributed by atoms with Gasteiger partial charge in [-0.25, -0.2) is 4.98 Å². The van der Waals surface area contributed by atoms with Crippen molar-refractivity contribution in [2.75, 3.05) is 23.7 Å². The highest BCUT2D eigenvalue weighted by molar-refractivity contribution is 5.68. The molecule has 3 N–H and O–H groups in total. The summed E-state index contributed by atoms with van der Waals surface area (Å²) < 4.78 is 0. The first-order chi connectivity index (χ1) is 8.08. The first-order valence-corrected chi connectivity index (χ1v) is 5.67. The van der Waals surface area contributed by atoms with Crippen molar-refractivity contribution in [1.82, 2.24) is 9.97 Å². The number of hydrogen-bond donors (Lipinski definition) is 2. The lowest BCUT2D eigenvalue weighted by atomic mass is 10.1. The van der Waals surface area contributed by atoms with Gasteiger partial charge in [-0.1, -0.05) is 0 Å². The number of carbonyl (C=O) groups is 1. The summed E-state index contributed by atoms with van der Waals surface area (Å²) in [6.45, 7) is 3.75. The van der Waals surface area contributed by atoms with Crippen molar-refractivity contribution in [3.63, 3.8) is 0 Å². The van der Waals surface area contributed by atoms with E-state index in [0.717, 1.165) is 36.6 Å². The van der Waals surface area contributed by atoms with Crippen molar-refractivity contribution in [3.05, 3.63) is 11.3 Å². The Bertz CT molecular complexity index is 443. The molecule has 0 saturated carbocycles. The van der Waals surface area contributed by atoms with Crippen LogP contribution in [0.1, 0.15) is 24.1 Å². The summed E-state index contributed by atoms with van der Waals surface area (Å²) in [5.41, 5.74) is 7.32. The van der Waals surface area contributed by atoms with Crippen LogP contribution in [0.5, 0.6) is 0 Å². The second-order valence-corrected chi connectivity index (χ2v) is 4.20. The molecule has 1 fully saturated rings. The van der Waals surface area contributed by atoms with Crippen molar-refractivity contribution in [2.45, 2.75) is 26.2 Å². The van der Waals surface area contributed by atoms with Crippen LogP contribution in [0.25, 0.3) is 0 Å². The molecule has 6 nitrogen and oxygen atoms in total. The molecule has 0 aliphatic carbocycles. The number of aliphatic carboxylic acids is 1. The average molecular weight is 236 g/mol. The zero-order valence-electron chi connectivity index (χ0n) is 9.81. The fourth-order valence-corrected chi connectivity index (χ4v) is 1.92. The van der Waals surface area contributed by atoms with Crippen LogP contribution < -0.4 is 10.6 Å². The molecule has 0 spiro atoms. The van der Waals surface area contributed by atoms with Crippen molar-refractivity contribution in [3.8, 4) is 0 Å². The SMILES string of the molecule is Cc1nc(N)nc(N2CCC2)c1CCC(=O)O. The fourth-order valence-electron chi connectivity index (χ4n) is 1.92. The number of aromatic nitrogens is 2. The number of aryl methyl sites for hydroxylation is 1. The van der Waals surface area contributed by atoms with Gasteiger partial charge in [0.1, 0.15) is 5.82 Å². The van der Waals surface area contributed by atoms with Crippen LogP contribution in [-0.4, -0.2) is 34.1 Å². The van der Waals surface area contributed by atoms with Crippen LogP contribution in [0.3, 0.4) is 0 Å². The molecule has 1 aromatic rings. The molecule has 2 heterocycles. The van der Waals surface area contributed by atoms with E-state index in [1.165, 1.54) is 0 Å². The first kappa shape index (κ1) is 11.6. The summed E-state index contributed by atoms with van der Waals surface area (Å²) in [5, 5.41) is 8.74. The highest BCUT2D eigenvalue weighted by atomic mass is 16.4. The minimum atomic E-state index is -0.809. The van der Waals surface area contributed by atoms with Crippen molar-refractivity contribution in [1.29, 1.82) is 0 Å². The van der Waals surface area contributed by atoms with E-state index in [0.29, 0.717) is 6.42 Å². The summed E-state index contributed by atoms with van der Waals surface area (Å²) in [6.07, 6.45) is 1.68. The maximum Gasteiger partial charge on any atom is 0.303 e. The molecule has 17 heavy (non-hydrogen) atoms. The van der Waals surface area contributed by atoms with E-state index >= 15 is 0 Å². The van der Waals surface area contributed by atoms with E-state index in [-0.39, 0.29) is 12.4 Å². The predicted molar refractivity (Wildman–Crippen MR) is 64.0 cm³/mol. The second-order valence-electron chi connectivity index (χ2n) is 4.20. The summed E-state index contributed by atoms with van der Waals surface area (Å²) in [6, 6.07) is 0. The Morgan fingerprint density at radius 3 is 2.71 bits per heavy atom. The first-order valence-electron chi connectivity index (χ1n) is 5.67. The Kier molecular flexibility index (Phi) is 3.12. The largest absolute Gasteiger partial charge is 0.481 e. The third-order valence-electron chi connectivity index (χ3n) is 2.95. The Hall–Kier alpha value is -1.85. The molecule has 0 radical (unpaired) electrons. The minimum absolute atomic E-state index is 0.0922. The number of hydrogen-bond acceptors (Lipinski definition) is 5. The number of nitrogen functional groups attached to an aromatic ring is 1. The molecule has 1 aliphatic rings. The van der Waals surface area contributed by atoms with Gasteiger partial charge >= 0.3 is 5.97 Å². The molecule has 0 unspecified atom stereocenters. The standard InChI is InChI=1S/C11H16N4O2/c1-7-8(3-4-9(16)17)10(14-11(12)13-7)15-5-2-6-15/h2-6H2,1H3,(H,16,17)(H2,12,13,14). The van der Waals surface area contributed by atoms with Crippen molar-refractivity contribution >= 4 is 17.7 Å². The van der Waals surface area contributed by atoms with Gasteiger partial charge in [-0.3, -0.25) is 4.79 Å². The Morgan fingerprint density at radius 1 is 1.47 bits per heavy atom. The van der Waals surface area contributed by atoms with E-state index in [2.05, 4.69) is 14.9 Å². The number of nitrogens with zero attached hydrogens (tertiary/aromatic N) is 3. The highest BCUT2D eigenvalue weighted by Gasteiger charge is 2.21. The summed E-state index contributed by atoms with van der Waals surface area (Å²) >= 11 is 0. The van der Waals surface area contributed by atoms with Crippen LogP contribution in [0.2, 0.25) is 0 Å². The van der Waals surface area contributed by atoms with Crippen LogP contribution in [0, 0.1) is 6.92 Å². The lowest BCUT2D eigenvalue weighted by Crippen LogP contribution is -2.38. The summed E-state index contributed by atoms with van der Waals surface area (Å²) in [4.78, 5) is 21.1. The number of rotatable bonds is 4. The van der Waals surface area contributed by atoms with Crippen LogP contribution >= 0.6 is 0 Å². The van der Waals surface area contributed by atoms with E-state index in [4.69, 9.17) is 10.8 Å². The van der Waals surface area contributed by atoms with Gasteiger partial charge in [0.2, 0.25) is 5.95 Å². The Labute approximate surface area is 99.5 Å². The predicted octanol–water partition coefficient (Wildman–Crippen LogP) is 0.595. The number of carboxylic acids is 1. The monoisotopic (exact) mass is 236 g/mol. The Balaban J connectivity index is 2.29. The van der Waals surface area contributed by atoms with Crippen LogP contribution in [0.4, 0.5) is 11.8 Å². The van der Waals surface area contributed by atoms with Gasteiger partial charge in [-0.2, -0.15) is 4.98 Å². The van der Waals surface area contributed by atoms with E-state index in [1.54, 1.807) is 0 Å². The molecular formula is C11H16N4O2. The summed E-state index contributed by atoms with van der Waals surface area (Å²) in [5.74, 6) is 0.252. The Morgan fingerprint density at radius 2 is 2.18 bits per heavy atom. The number of anilines is 2. The topological polar surface area (TPSA) is 92.3 Å². The maximum absolute atomic E-state index is 10.6. The maximum atomic E-state index is 10.6. The van der Waals surface area contributed by atoms with Gasteiger partial charge in [-0.05, 0) is 19.8 Å².